The molecule has 3 aromatic rings. The van der Waals surface area contributed by atoms with Gasteiger partial charge < -0.3 is 5.32 Å². The van der Waals surface area contributed by atoms with Gasteiger partial charge in [-0.15, -0.1) is 0 Å². The molecule has 27 heavy (non-hydrogen) atoms. The van der Waals surface area contributed by atoms with Crippen LogP contribution in [0.3, 0.4) is 0 Å². The number of hydrogen-bond acceptors (Lipinski definition) is 5. The van der Waals surface area contributed by atoms with E-state index in [0.717, 1.165) is 15.9 Å². The maximum Gasteiger partial charge on any atom is 0.294 e. The van der Waals surface area contributed by atoms with E-state index in [1.807, 2.05) is 13.8 Å². The quantitative estimate of drug-likeness (QED) is 0.467. The van der Waals surface area contributed by atoms with Crippen LogP contribution in [0.5, 0.6) is 0 Å². The van der Waals surface area contributed by atoms with E-state index in [9.17, 15) is 14.9 Å². The van der Waals surface area contributed by atoms with Crippen molar-refractivity contribution in [2.24, 2.45) is 0 Å². The zero-order chi connectivity index (χ0) is 19.7. The molecule has 2 aromatic heterocycles. The lowest BCUT2D eigenvalue weighted by Gasteiger charge is -2.06. The molecule has 0 unspecified atom stereocenters. The largest absolute Gasteiger partial charge is 0.315 e. The van der Waals surface area contributed by atoms with E-state index >= 15 is 0 Å². The fraction of sp³-hybridized carbons (Fsp3) is 0.188. The molecule has 1 N–H and O–H groups in total. The van der Waals surface area contributed by atoms with E-state index in [1.54, 1.807) is 15.6 Å². The Morgan fingerprint density at radius 3 is 2.70 bits per heavy atom. The molecular weight excluding hydrogens is 440 g/mol. The van der Waals surface area contributed by atoms with Crippen LogP contribution < -0.4 is 5.32 Å². The first-order chi connectivity index (χ1) is 12.8. The summed E-state index contributed by atoms with van der Waals surface area (Å²) in [5.74, 6) is -0.561. The molecule has 0 aliphatic heterocycles. The lowest BCUT2D eigenvalue weighted by molar-refractivity contribution is -0.383. The van der Waals surface area contributed by atoms with E-state index in [-0.39, 0.29) is 22.1 Å². The summed E-state index contributed by atoms with van der Waals surface area (Å²) in [5.41, 5.74) is 1.67. The predicted octanol–water partition coefficient (Wildman–Crippen LogP) is 3.78. The van der Waals surface area contributed by atoms with Crippen molar-refractivity contribution in [2.75, 3.05) is 5.32 Å². The molecule has 0 atom stereocenters. The number of benzene rings is 1. The van der Waals surface area contributed by atoms with Gasteiger partial charge in [0.2, 0.25) is 0 Å². The van der Waals surface area contributed by atoms with Crippen molar-refractivity contribution in [1.29, 1.82) is 0 Å². The molecule has 0 aliphatic rings. The smallest absolute Gasteiger partial charge is 0.294 e. The molecule has 3 rings (SSSR count). The molecule has 0 bridgehead atoms. The van der Waals surface area contributed by atoms with Crippen molar-refractivity contribution >= 4 is 44.8 Å². The Morgan fingerprint density at radius 2 is 2.07 bits per heavy atom. The van der Waals surface area contributed by atoms with Crippen LogP contribution in [0.15, 0.2) is 34.9 Å². The summed E-state index contributed by atoms with van der Waals surface area (Å²) in [4.78, 5) is 22.9. The van der Waals surface area contributed by atoms with E-state index in [2.05, 4.69) is 31.4 Å². The van der Waals surface area contributed by atoms with Gasteiger partial charge in [-0.3, -0.25) is 19.6 Å². The molecule has 140 valence electrons. The highest BCUT2D eigenvalue weighted by atomic mass is 79.9. The average Bonchev–Trinajstić information content (AvgIpc) is 3.18. The number of nitro benzene ring substituents is 1. The highest BCUT2D eigenvalue weighted by molar-refractivity contribution is 9.10. The molecule has 0 saturated carbocycles. The first kappa shape index (κ1) is 19.1. The third-order valence-electron chi connectivity index (χ3n) is 3.85. The van der Waals surface area contributed by atoms with Gasteiger partial charge in [0, 0.05) is 17.3 Å². The minimum atomic E-state index is -0.610. The second-order valence-corrected chi connectivity index (χ2v) is 6.97. The molecule has 0 saturated heterocycles. The second kappa shape index (κ2) is 7.49. The van der Waals surface area contributed by atoms with Crippen LogP contribution >= 0.6 is 27.5 Å². The standard InChI is InChI=1S/C16H14BrClN6O3/c1-9-15(17)10(2)23(20-9)8-22-6-5-13(21-22)16(25)19-12-4-3-11(18)7-14(12)24(26)27/h3-7H,8H2,1-2H3,(H,19,25). The molecule has 11 heteroatoms. The normalized spacial score (nSPS) is 10.8. The number of nitro groups is 1. The van der Waals surface area contributed by atoms with Crippen molar-refractivity contribution in [3.05, 3.63) is 67.2 Å². The van der Waals surface area contributed by atoms with Gasteiger partial charge in [-0.25, -0.2) is 4.68 Å². The minimum Gasteiger partial charge on any atom is -0.315 e. The summed E-state index contributed by atoms with van der Waals surface area (Å²) >= 11 is 9.24. The first-order valence-corrected chi connectivity index (χ1v) is 8.91. The zero-order valence-corrected chi connectivity index (χ0v) is 16.7. The summed E-state index contributed by atoms with van der Waals surface area (Å²) < 4.78 is 4.22. The number of anilines is 1. The zero-order valence-electron chi connectivity index (χ0n) is 14.3. The maximum atomic E-state index is 12.4. The molecule has 9 nitrogen and oxygen atoms in total. The van der Waals surface area contributed by atoms with Crippen molar-refractivity contribution in [3.63, 3.8) is 0 Å². The molecule has 0 spiro atoms. The SMILES string of the molecule is Cc1nn(Cn2ccc(C(=O)Nc3ccc(Cl)cc3[N+](=O)[O-])n2)c(C)c1Br. The molecule has 2 heterocycles. The lowest BCUT2D eigenvalue weighted by atomic mass is 10.2. The van der Waals surface area contributed by atoms with E-state index in [1.165, 1.54) is 24.3 Å². The number of carbonyl (C=O) groups excluding carboxylic acids is 1. The van der Waals surface area contributed by atoms with Crippen LogP contribution in [-0.2, 0) is 6.67 Å². The molecule has 0 radical (unpaired) electrons. The topological polar surface area (TPSA) is 108 Å². The summed E-state index contributed by atoms with van der Waals surface area (Å²) in [6.07, 6.45) is 1.63. The number of aromatic nitrogens is 4. The van der Waals surface area contributed by atoms with Gasteiger partial charge in [0.1, 0.15) is 12.4 Å². The third kappa shape index (κ3) is 4.01. The molecular formula is C16H14BrClN6O3. The summed E-state index contributed by atoms with van der Waals surface area (Å²) in [5, 5.41) is 22.4. The van der Waals surface area contributed by atoms with Gasteiger partial charge in [-0.2, -0.15) is 10.2 Å². The number of halogens is 2. The fourth-order valence-corrected chi connectivity index (χ4v) is 2.91. The average molecular weight is 454 g/mol. The maximum absolute atomic E-state index is 12.4. The first-order valence-electron chi connectivity index (χ1n) is 7.74. The lowest BCUT2D eigenvalue weighted by Crippen LogP contribution is -2.16. The number of hydrogen-bond donors (Lipinski definition) is 1. The summed E-state index contributed by atoms with van der Waals surface area (Å²) in [7, 11) is 0. The van der Waals surface area contributed by atoms with Crippen molar-refractivity contribution < 1.29 is 9.72 Å². The number of aryl methyl sites for hydroxylation is 1. The Hall–Kier alpha value is -2.72. The molecule has 1 amide bonds. The van der Waals surface area contributed by atoms with Crippen LogP contribution in [0.2, 0.25) is 5.02 Å². The van der Waals surface area contributed by atoms with Crippen molar-refractivity contribution in [2.45, 2.75) is 20.5 Å². The summed E-state index contributed by atoms with van der Waals surface area (Å²) in [6.45, 7) is 4.13. The monoisotopic (exact) mass is 452 g/mol. The fourth-order valence-electron chi connectivity index (χ4n) is 2.46. The Morgan fingerprint density at radius 1 is 1.33 bits per heavy atom. The van der Waals surface area contributed by atoms with Gasteiger partial charge in [-0.1, -0.05) is 11.6 Å². The third-order valence-corrected chi connectivity index (χ3v) is 5.23. The van der Waals surface area contributed by atoms with Crippen molar-refractivity contribution in [1.82, 2.24) is 19.6 Å². The van der Waals surface area contributed by atoms with Gasteiger partial charge >= 0.3 is 0 Å². The highest BCUT2D eigenvalue weighted by Crippen LogP contribution is 2.28. The Bertz CT molecular complexity index is 1040. The number of carbonyl (C=O) groups is 1. The number of nitrogens with zero attached hydrogens (tertiary/aromatic N) is 5. The minimum absolute atomic E-state index is 0.0476. The molecule has 0 aliphatic carbocycles. The Balaban J connectivity index is 1.78. The molecule has 1 aromatic carbocycles. The van der Waals surface area contributed by atoms with Gasteiger partial charge in [0.25, 0.3) is 11.6 Å². The van der Waals surface area contributed by atoms with Crippen LogP contribution in [0, 0.1) is 24.0 Å². The van der Waals surface area contributed by atoms with E-state index in [4.69, 9.17) is 11.6 Å². The van der Waals surface area contributed by atoms with Gasteiger partial charge in [0.15, 0.2) is 5.69 Å². The van der Waals surface area contributed by atoms with Gasteiger partial charge in [0.05, 0.1) is 20.8 Å². The Labute approximate surface area is 167 Å². The van der Waals surface area contributed by atoms with E-state index < -0.39 is 10.8 Å². The molecule has 0 fully saturated rings. The van der Waals surface area contributed by atoms with Crippen LogP contribution in [-0.4, -0.2) is 30.4 Å². The van der Waals surface area contributed by atoms with Crippen LogP contribution in [0.1, 0.15) is 21.9 Å². The van der Waals surface area contributed by atoms with Crippen LogP contribution in [0.4, 0.5) is 11.4 Å². The summed E-state index contributed by atoms with van der Waals surface area (Å²) in [6, 6.07) is 5.54. The number of rotatable bonds is 5. The second-order valence-electron chi connectivity index (χ2n) is 5.74. The Kier molecular flexibility index (Phi) is 5.29. The number of nitrogens with one attached hydrogen (secondary N) is 1. The van der Waals surface area contributed by atoms with Crippen molar-refractivity contribution in [3.8, 4) is 0 Å². The van der Waals surface area contributed by atoms with Crippen LogP contribution in [0.25, 0.3) is 0 Å². The predicted molar refractivity (Wildman–Crippen MR) is 103 cm³/mol. The van der Waals surface area contributed by atoms with Gasteiger partial charge in [-0.05, 0) is 48.0 Å². The van der Waals surface area contributed by atoms with E-state index in [0.29, 0.717) is 6.67 Å². The highest BCUT2D eigenvalue weighted by Gasteiger charge is 2.19. The number of amides is 1.